The molecule has 1 aromatic carbocycles. The van der Waals surface area contributed by atoms with Gasteiger partial charge in [0.2, 0.25) is 0 Å². The van der Waals surface area contributed by atoms with Crippen molar-refractivity contribution in [3.63, 3.8) is 0 Å². The fourth-order valence-electron chi connectivity index (χ4n) is 3.15. The Labute approximate surface area is 166 Å². The van der Waals surface area contributed by atoms with Crippen LogP contribution in [-0.2, 0) is 17.6 Å². The van der Waals surface area contributed by atoms with Crippen LogP contribution in [0.2, 0.25) is 0 Å². The van der Waals surface area contributed by atoms with E-state index in [1.807, 2.05) is 0 Å². The third kappa shape index (κ3) is 4.31. The highest BCUT2D eigenvalue weighted by molar-refractivity contribution is 8.76. The molecule has 0 fully saturated rings. The van der Waals surface area contributed by atoms with E-state index in [4.69, 9.17) is 10.8 Å². The Balaban J connectivity index is 1.85. The van der Waals surface area contributed by atoms with E-state index in [1.165, 1.54) is 16.8 Å². The summed E-state index contributed by atoms with van der Waals surface area (Å²) in [7, 11) is 2.28. The van der Waals surface area contributed by atoms with E-state index < -0.39 is 29.6 Å². The van der Waals surface area contributed by atoms with Gasteiger partial charge in [-0.25, -0.2) is 18.6 Å². The number of nitrogens with zero attached hydrogens (tertiary/aromatic N) is 2. The molecule has 0 radical (unpaired) electrons. The molecule has 0 spiro atoms. The van der Waals surface area contributed by atoms with Crippen LogP contribution in [0.25, 0.3) is 0 Å². The van der Waals surface area contributed by atoms with Crippen molar-refractivity contribution in [3.8, 4) is 0 Å². The highest BCUT2D eigenvalue weighted by atomic mass is 33.1. The first kappa shape index (κ1) is 20.6. The van der Waals surface area contributed by atoms with Crippen molar-refractivity contribution in [1.29, 1.82) is 0 Å². The second-order valence-corrected chi connectivity index (χ2v) is 8.64. The monoisotopic (exact) mass is 429 g/mol. The van der Waals surface area contributed by atoms with Gasteiger partial charge in [-0.2, -0.15) is 0 Å². The van der Waals surface area contributed by atoms with E-state index >= 15 is 0 Å². The third-order valence-corrected chi connectivity index (χ3v) is 6.75. The van der Waals surface area contributed by atoms with Gasteiger partial charge in [0.1, 0.15) is 23.4 Å². The highest BCUT2D eigenvalue weighted by Crippen LogP contribution is 2.38. The lowest BCUT2D eigenvalue weighted by molar-refractivity contribution is -0.137. The Morgan fingerprint density at radius 2 is 2.11 bits per heavy atom. The maximum absolute atomic E-state index is 14.0. The summed E-state index contributed by atoms with van der Waals surface area (Å²) in [4.78, 5) is 26.6. The molecule has 11 heteroatoms. The molecule has 2 aromatic rings. The molecule has 0 saturated heterocycles. The largest absolute Gasteiger partial charge is 0.480 e. The predicted octanol–water partition coefficient (Wildman–Crippen LogP) is 2.74. The van der Waals surface area contributed by atoms with Crippen molar-refractivity contribution in [2.45, 2.75) is 36.5 Å². The summed E-state index contributed by atoms with van der Waals surface area (Å²) >= 11 is 0. The van der Waals surface area contributed by atoms with E-state index in [1.54, 1.807) is 0 Å². The molecule has 1 aliphatic carbocycles. The van der Waals surface area contributed by atoms with Gasteiger partial charge in [0.25, 0.3) is 0 Å². The minimum Gasteiger partial charge on any atom is -0.480 e. The summed E-state index contributed by atoms with van der Waals surface area (Å²) in [5, 5.41) is 18.7. The molecule has 150 valence electrons. The molecular weight excluding hydrogens is 412 g/mol. The van der Waals surface area contributed by atoms with Crippen molar-refractivity contribution in [2.75, 3.05) is 5.75 Å². The normalized spacial score (nSPS) is 17.2. The van der Waals surface area contributed by atoms with Crippen molar-refractivity contribution in [1.82, 2.24) is 9.55 Å². The number of aromatic carboxylic acids is 1. The summed E-state index contributed by atoms with van der Waals surface area (Å²) in [5.41, 5.74) is 6.40. The van der Waals surface area contributed by atoms with Gasteiger partial charge in [-0.1, -0.05) is 10.8 Å². The number of rotatable bonds is 7. The van der Waals surface area contributed by atoms with Gasteiger partial charge in [-0.05, 0) is 47.2 Å². The number of nitrogens with two attached hydrogens (primary N) is 1. The molecule has 1 heterocycles. The number of hydrogen-bond donors (Lipinski definition) is 3. The minimum atomic E-state index is -1.16. The maximum atomic E-state index is 14.0. The molecular formula is C17H17F2N3O4S2. The van der Waals surface area contributed by atoms with Gasteiger partial charge in [-0.15, -0.1) is 0 Å². The molecule has 0 amide bonds. The van der Waals surface area contributed by atoms with E-state index in [2.05, 4.69) is 4.98 Å². The van der Waals surface area contributed by atoms with Gasteiger partial charge in [0.05, 0.1) is 6.20 Å². The lowest BCUT2D eigenvalue weighted by Gasteiger charge is -2.28. The quantitative estimate of drug-likeness (QED) is 0.575. The van der Waals surface area contributed by atoms with Gasteiger partial charge in [-0.3, -0.25) is 4.79 Å². The number of aromatic nitrogens is 2. The first-order valence-electron chi connectivity index (χ1n) is 8.33. The first-order valence-corrected chi connectivity index (χ1v) is 10.6. The fraction of sp³-hybridized carbons (Fsp3) is 0.353. The Morgan fingerprint density at radius 1 is 1.36 bits per heavy atom. The lowest BCUT2D eigenvalue weighted by Crippen LogP contribution is -2.32. The molecule has 7 nitrogen and oxygen atoms in total. The number of carbonyl (C=O) groups is 2. The predicted molar refractivity (Wildman–Crippen MR) is 101 cm³/mol. The first-order chi connectivity index (χ1) is 13.3. The molecule has 3 rings (SSSR count). The summed E-state index contributed by atoms with van der Waals surface area (Å²) in [6, 6.07) is 0.740. The summed E-state index contributed by atoms with van der Waals surface area (Å²) in [5.74, 6) is -3.45. The van der Waals surface area contributed by atoms with E-state index in [9.17, 15) is 23.5 Å². The lowest BCUT2D eigenvalue weighted by atomic mass is 9.87. The van der Waals surface area contributed by atoms with Gasteiger partial charge in [0.15, 0.2) is 5.16 Å². The average molecular weight is 429 g/mol. The van der Waals surface area contributed by atoms with Crippen molar-refractivity contribution < 1.29 is 28.6 Å². The zero-order valence-corrected chi connectivity index (χ0v) is 16.1. The van der Waals surface area contributed by atoms with Crippen LogP contribution in [0.15, 0.2) is 23.5 Å². The second-order valence-electron chi connectivity index (χ2n) is 6.34. The van der Waals surface area contributed by atoms with Crippen LogP contribution in [0.4, 0.5) is 8.78 Å². The van der Waals surface area contributed by atoms with Gasteiger partial charge in [0, 0.05) is 17.9 Å². The van der Waals surface area contributed by atoms with Crippen LogP contribution in [-0.4, -0.2) is 43.5 Å². The SMILES string of the molecule is N[C@@H](CSSc1ncc(C(=O)O)n1C1CCc2c(F)cc(F)cc2C1)C(=O)O. The molecule has 4 N–H and O–H groups in total. The molecule has 28 heavy (non-hydrogen) atoms. The van der Waals surface area contributed by atoms with Crippen molar-refractivity contribution >= 4 is 33.5 Å². The number of carboxylic acid groups (broad SMARTS) is 2. The van der Waals surface area contributed by atoms with E-state index in [0.717, 1.165) is 27.7 Å². The third-order valence-electron chi connectivity index (χ3n) is 4.48. The van der Waals surface area contributed by atoms with Crippen LogP contribution >= 0.6 is 21.6 Å². The smallest absolute Gasteiger partial charge is 0.354 e. The van der Waals surface area contributed by atoms with Crippen LogP contribution in [0.1, 0.15) is 34.1 Å². The number of halogens is 2. The standard InChI is InChI=1S/C17H17F2N3O4S2/c18-9-3-8-4-10(1-2-11(8)12(19)5-9)22-14(16(25)26)6-21-17(22)28-27-7-13(20)15(23)24/h3,5-6,10,13H,1-2,4,7,20H2,(H,23,24)(H,25,26)/t10?,13-/m0/s1. The number of carboxylic acids is 2. The number of benzene rings is 1. The Kier molecular flexibility index (Phi) is 6.26. The zero-order chi connectivity index (χ0) is 20.4. The van der Waals surface area contributed by atoms with Crippen molar-refractivity contribution in [3.05, 3.63) is 46.8 Å². The summed E-state index contributed by atoms with van der Waals surface area (Å²) in [6.45, 7) is 0. The van der Waals surface area contributed by atoms with Crippen LogP contribution in [0, 0.1) is 11.6 Å². The number of imidazole rings is 1. The molecule has 1 unspecified atom stereocenters. The van der Waals surface area contributed by atoms with Crippen LogP contribution < -0.4 is 5.73 Å². The van der Waals surface area contributed by atoms with Crippen molar-refractivity contribution in [2.24, 2.45) is 5.73 Å². The summed E-state index contributed by atoms with van der Waals surface area (Å²) in [6.07, 6.45) is 2.32. The number of aliphatic carboxylic acids is 1. The van der Waals surface area contributed by atoms with Crippen LogP contribution in [0.5, 0.6) is 0 Å². The second kappa shape index (κ2) is 8.50. The zero-order valence-electron chi connectivity index (χ0n) is 14.5. The fourth-order valence-corrected chi connectivity index (χ4v) is 5.37. The maximum Gasteiger partial charge on any atom is 0.354 e. The Bertz CT molecular complexity index is 922. The number of fused-ring (bicyclic) bond motifs is 1. The van der Waals surface area contributed by atoms with E-state index in [0.29, 0.717) is 29.1 Å². The molecule has 1 aromatic heterocycles. The molecule has 0 saturated carbocycles. The van der Waals surface area contributed by atoms with Crippen LogP contribution in [0.3, 0.4) is 0 Å². The van der Waals surface area contributed by atoms with E-state index in [-0.39, 0.29) is 23.9 Å². The number of hydrogen-bond acceptors (Lipinski definition) is 6. The minimum absolute atomic E-state index is 0.0315. The highest BCUT2D eigenvalue weighted by Gasteiger charge is 2.29. The molecule has 0 bridgehead atoms. The topological polar surface area (TPSA) is 118 Å². The van der Waals surface area contributed by atoms with Gasteiger partial charge < -0.3 is 20.5 Å². The Hall–Kier alpha value is -2.11. The average Bonchev–Trinajstić information content (AvgIpc) is 3.05. The molecule has 0 aliphatic heterocycles. The molecule has 2 atom stereocenters. The molecule has 1 aliphatic rings. The van der Waals surface area contributed by atoms with Gasteiger partial charge >= 0.3 is 11.9 Å². The summed E-state index contributed by atoms with van der Waals surface area (Å²) < 4.78 is 29.1. The Morgan fingerprint density at radius 3 is 2.79 bits per heavy atom.